The molecule has 1 saturated heterocycles. The number of carbonyl (C=O) groups is 1. The Balaban J connectivity index is 1.72. The number of aliphatic hydroxyl groups is 1. The maximum Gasteiger partial charge on any atom is 0.276 e. The first-order chi connectivity index (χ1) is 8.92. The van der Waals surface area contributed by atoms with Gasteiger partial charge in [0.15, 0.2) is 5.69 Å². The number of aromatic amines is 1. The molecular formula is C13H20N4O2. The number of H-pyrrole nitrogens is 1. The number of aromatic nitrogens is 2. The molecule has 0 spiro atoms. The Kier molecular flexibility index (Phi) is 2.60. The molecule has 2 aliphatic rings. The number of carbonyl (C=O) groups excluding carboxylic acids is 1. The van der Waals surface area contributed by atoms with Gasteiger partial charge in [-0.1, -0.05) is 13.8 Å². The second-order valence-electron chi connectivity index (χ2n) is 6.09. The van der Waals surface area contributed by atoms with Crippen molar-refractivity contribution in [3.8, 4) is 0 Å². The number of hydrogen-bond donors (Lipinski definition) is 3. The lowest BCUT2D eigenvalue weighted by molar-refractivity contribution is -0.0959. The number of nitrogens with two attached hydrogens (primary N) is 1. The lowest BCUT2D eigenvalue weighted by atomic mass is 9.88. The summed E-state index contributed by atoms with van der Waals surface area (Å²) in [5.41, 5.74) is 6.80. The zero-order chi connectivity index (χ0) is 13.8. The van der Waals surface area contributed by atoms with Crippen LogP contribution in [0.1, 0.15) is 48.8 Å². The van der Waals surface area contributed by atoms with Crippen molar-refractivity contribution in [2.75, 3.05) is 18.8 Å². The van der Waals surface area contributed by atoms with Gasteiger partial charge in [0.05, 0.1) is 24.5 Å². The van der Waals surface area contributed by atoms with Crippen molar-refractivity contribution in [3.05, 3.63) is 11.4 Å². The maximum atomic E-state index is 12.3. The van der Waals surface area contributed by atoms with E-state index < -0.39 is 5.60 Å². The number of rotatable bonds is 3. The van der Waals surface area contributed by atoms with E-state index in [-0.39, 0.29) is 17.5 Å². The first-order valence-electron chi connectivity index (χ1n) is 6.78. The quantitative estimate of drug-likeness (QED) is 0.749. The molecule has 6 nitrogen and oxygen atoms in total. The van der Waals surface area contributed by atoms with Crippen molar-refractivity contribution in [2.24, 2.45) is 5.92 Å². The third-order valence-corrected chi connectivity index (χ3v) is 4.17. The molecule has 1 amide bonds. The van der Waals surface area contributed by atoms with Crippen LogP contribution in [-0.2, 0) is 0 Å². The Morgan fingerprint density at radius 1 is 1.53 bits per heavy atom. The van der Waals surface area contributed by atoms with Gasteiger partial charge in [-0.25, -0.2) is 0 Å². The number of nitrogens with one attached hydrogen (secondary N) is 1. The molecule has 0 unspecified atom stereocenters. The topological polar surface area (TPSA) is 95.2 Å². The summed E-state index contributed by atoms with van der Waals surface area (Å²) in [5, 5.41) is 17.1. The smallest absolute Gasteiger partial charge is 0.276 e. The third kappa shape index (κ3) is 1.90. The van der Waals surface area contributed by atoms with Crippen LogP contribution in [0.5, 0.6) is 0 Å². The number of nitrogen functional groups attached to an aromatic ring is 1. The number of amides is 1. The van der Waals surface area contributed by atoms with Gasteiger partial charge in [-0.2, -0.15) is 5.10 Å². The molecule has 6 heteroatoms. The van der Waals surface area contributed by atoms with Gasteiger partial charge in [0.2, 0.25) is 0 Å². The highest BCUT2D eigenvalue weighted by Gasteiger charge is 2.53. The average Bonchev–Trinajstić information content (AvgIpc) is 3.08. The summed E-state index contributed by atoms with van der Waals surface area (Å²) in [6.07, 6.45) is 2.14. The fourth-order valence-electron chi connectivity index (χ4n) is 2.75. The number of β-amino-alcohol motifs (C(OH)–C–C–N with tert-alkyl or cyclic N) is 1. The van der Waals surface area contributed by atoms with Crippen LogP contribution >= 0.6 is 0 Å². The van der Waals surface area contributed by atoms with E-state index in [9.17, 15) is 9.90 Å². The minimum Gasteiger partial charge on any atom is -0.395 e. The number of likely N-dealkylation sites (tertiary alicyclic amines) is 1. The van der Waals surface area contributed by atoms with Crippen LogP contribution in [0.4, 0.5) is 5.69 Å². The Hall–Kier alpha value is -1.56. The summed E-state index contributed by atoms with van der Waals surface area (Å²) in [5.74, 6) is 0.388. The molecule has 4 N–H and O–H groups in total. The van der Waals surface area contributed by atoms with E-state index in [1.165, 1.54) is 0 Å². The van der Waals surface area contributed by atoms with E-state index in [2.05, 4.69) is 10.2 Å². The number of hydrogen-bond acceptors (Lipinski definition) is 4. The van der Waals surface area contributed by atoms with Gasteiger partial charge < -0.3 is 15.7 Å². The van der Waals surface area contributed by atoms with Crippen molar-refractivity contribution < 1.29 is 9.90 Å². The van der Waals surface area contributed by atoms with Crippen molar-refractivity contribution in [1.82, 2.24) is 15.1 Å². The zero-order valence-corrected chi connectivity index (χ0v) is 11.3. The molecule has 1 aromatic heterocycles. The van der Waals surface area contributed by atoms with Crippen LogP contribution in [0.3, 0.4) is 0 Å². The summed E-state index contributed by atoms with van der Waals surface area (Å²) >= 11 is 0. The molecular weight excluding hydrogens is 244 g/mol. The molecule has 104 valence electrons. The van der Waals surface area contributed by atoms with Crippen LogP contribution in [0.25, 0.3) is 0 Å². The second-order valence-corrected chi connectivity index (χ2v) is 6.09. The fraction of sp³-hybridized carbons (Fsp3) is 0.692. The van der Waals surface area contributed by atoms with Crippen LogP contribution in [0, 0.1) is 5.92 Å². The SMILES string of the molecule is CC(C)c1[nH]nc(C(=O)N2CC(O)(C3CC3)C2)c1N. The second kappa shape index (κ2) is 3.96. The highest BCUT2D eigenvalue weighted by atomic mass is 16.3. The molecule has 0 atom stereocenters. The maximum absolute atomic E-state index is 12.3. The van der Waals surface area contributed by atoms with Gasteiger partial charge in [-0.3, -0.25) is 9.89 Å². The molecule has 1 aliphatic heterocycles. The number of nitrogens with zero attached hydrogens (tertiary/aromatic N) is 2. The third-order valence-electron chi connectivity index (χ3n) is 4.17. The van der Waals surface area contributed by atoms with Gasteiger partial charge in [0, 0.05) is 0 Å². The fourth-order valence-corrected chi connectivity index (χ4v) is 2.75. The first-order valence-corrected chi connectivity index (χ1v) is 6.78. The molecule has 1 aliphatic carbocycles. The molecule has 19 heavy (non-hydrogen) atoms. The molecule has 0 radical (unpaired) electrons. The van der Waals surface area contributed by atoms with Crippen molar-refractivity contribution in [1.29, 1.82) is 0 Å². The Morgan fingerprint density at radius 2 is 2.16 bits per heavy atom. The Morgan fingerprint density at radius 3 is 2.63 bits per heavy atom. The monoisotopic (exact) mass is 264 g/mol. The van der Waals surface area contributed by atoms with E-state index in [0.717, 1.165) is 18.5 Å². The van der Waals surface area contributed by atoms with Crippen LogP contribution in [0.15, 0.2) is 0 Å². The lowest BCUT2D eigenvalue weighted by Crippen LogP contribution is -2.64. The molecule has 2 heterocycles. The van der Waals surface area contributed by atoms with Crippen molar-refractivity contribution in [3.63, 3.8) is 0 Å². The normalized spacial score (nSPS) is 21.6. The summed E-state index contributed by atoms with van der Waals surface area (Å²) in [7, 11) is 0. The lowest BCUT2D eigenvalue weighted by Gasteiger charge is -2.46. The largest absolute Gasteiger partial charge is 0.395 e. The van der Waals surface area contributed by atoms with E-state index in [0.29, 0.717) is 24.7 Å². The van der Waals surface area contributed by atoms with Gasteiger partial charge in [-0.15, -0.1) is 0 Å². The average molecular weight is 264 g/mol. The summed E-state index contributed by atoms with van der Waals surface area (Å²) < 4.78 is 0. The summed E-state index contributed by atoms with van der Waals surface area (Å²) in [4.78, 5) is 13.9. The number of anilines is 1. The van der Waals surface area contributed by atoms with E-state index in [1.807, 2.05) is 13.8 Å². The van der Waals surface area contributed by atoms with Gasteiger partial charge >= 0.3 is 0 Å². The standard InChI is InChI=1S/C13H20N4O2/c1-7(2)10-9(14)11(16-15-10)12(18)17-5-13(19,6-17)8-3-4-8/h7-8,19H,3-6,14H2,1-2H3,(H,15,16). The minimum absolute atomic E-state index is 0.189. The van der Waals surface area contributed by atoms with Crippen molar-refractivity contribution in [2.45, 2.75) is 38.2 Å². The van der Waals surface area contributed by atoms with Crippen LogP contribution in [0.2, 0.25) is 0 Å². The van der Waals surface area contributed by atoms with Crippen LogP contribution in [-0.4, -0.2) is 44.8 Å². The minimum atomic E-state index is -0.665. The Labute approximate surface area is 112 Å². The van der Waals surface area contributed by atoms with E-state index in [4.69, 9.17) is 5.73 Å². The molecule has 0 aromatic carbocycles. The predicted molar refractivity (Wildman–Crippen MR) is 70.7 cm³/mol. The van der Waals surface area contributed by atoms with Crippen molar-refractivity contribution >= 4 is 11.6 Å². The van der Waals surface area contributed by atoms with Crippen LogP contribution < -0.4 is 5.73 Å². The molecule has 0 bridgehead atoms. The highest BCUT2D eigenvalue weighted by molar-refractivity contribution is 5.98. The first kappa shape index (κ1) is 12.5. The van der Waals surface area contributed by atoms with E-state index >= 15 is 0 Å². The molecule has 1 aromatic rings. The van der Waals surface area contributed by atoms with Gasteiger partial charge in [0.25, 0.3) is 5.91 Å². The Bertz CT molecular complexity index is 513. The van der Waals surface area contributed by atoms with Gasteiger partial charge in [0.1, 0.15) is 5.60 Å². The molecule has 3 rings (SSSR count). The highest BCUT2D eigenvalue weighted by Crippen LogP contribution is 2.44. The van der Waals surface area contributed by atoms with E-state index in [1.54, 1.807) is 4.90 Å². The predicted octanol–water partition coefficient (Wildman–Crippen LogP) is 0.712. The molecule has 1 saturated carbocycles. The summed E-state index contributed by atoms with van der Waals surface area (Å²) in [6, 6.07) is 0. The van der Waals surface area contributed by atoms with Gasteiger partial charge in [-0.05, 0) is 24.7 Å². The zero-order valence-electron chi connectivity index (χ0n) is 11.3. The summed E-state index contributed by atoms with van der Waals surface area (Å²) in [6.45, 7) is 4.79. The molecule has 2 fully saturated rings.